The lowest BCUT2D eigenvalue weighted by atomic mass is 10.2. The third-order valence-corrected chi connectivity index (χ3v) is 1.50. The van der Waals surface area contributed by atoms with Gasteiger partial charge in [-0.3, -0.25) is 9.78 Å². The summed E-state index contributed by atoms with van der Waals surface area (Å²) in [7, 11) is 0. The molecule has 5 heteroatoms. The summed E-state index contributed by atoms with van der Waals surface area (Å²) in [6.07, 6.45) is 2.37. The van der Waals surface area contributed by atoms with Gasteiger partial charge in [0.15, 0.2) is 0 Å². The van der Waals surface area contributed by atoms with Crippen molar-refractivity contribution in [3.63, 3.8) is 0 Å². The van der Waals surface area contributed by atoms with Gasteiger partial charge < -0.3 is 10.1 Å². The Balaban J connectivity index is 2.87. The molecule has 0 radical (unpaired) electrons. The molecule has 0 saturated carbocycles. The van der Waals surface area contributed by atoms with E-state index in [1.807, 2.05) is 0 Å². The lowest BCUT2D eigenvalue weighted by Gasteiger charge is -1.95. The second-order valence-electron chi connectivity index (χ2n) is 2.42. The molecule has 0 spiro atoms. The van der Waals surface area contributed by atoms with Gasteiger partial charge >= 0.3 is 5.69 Å². The van der Waals surface area contributed by atoms with Gasteiger partial charge in [-0.25, -0.2) is 4.79 Å². The van der Waals surface area contributed by atoms with Gasteiger partial charge in [0, 0.05) is 18.4 Å². The Kier molecular flexibility index (Phi) is 2.82. The zero-order valence-electron chi connectivity index (χ0n) is 6.46. The maximum Gasteiger partial charge on any atom is 0.325 e. The second kappa shape index (κ2) is 3.87. The van der Waals surface area contributed by atoms with Gasteiger partial charge in [0.25, 0.3) is 5.56 Å². The highest BCUT2D eigenvalue weighted by molar-refractivity contribution is 5.02. The molecule has 0 amide bonds. The van der Waals surface area contributed by atoms with Crippen LogP contribution in [0.5, 0.6) is 0 Å². The van der Waals surface area contributed by atoms with Crippen molar-refractivity contribution in [2.45, 2.75) is 12.8 Å². The molecular formula is C7H10N2O3. The van der Waals surface area contributed by atoms with E-state index >= 15 is 0 Å². The number of aliphatic hydroxyl groups is 1. The van der Waals surface area contributed by atoms with E-state index in [9.17, 15) is 9.59 Å². The summed E-state index contributed by atoms with van der Waals surface area (Å²) in [6.45, 7) is 0.0402. The normalized spacial score (nSPS) is 10.1. The molecule has 0 fully saturated rings. The van der Waals surface area contributed by atoms with E-state index < -0.39 is 5.69 Å². The average molecular weight is 170 g/mol. The molecule has 0 aliphatic carbocycles. The van der Waals surface area contributed by atoms with E-state index in [2.05, 4.69) is 9.97 Å². The number of aromatic nitrogens is 2. The van der Waals surface area contributed by atoms with Crippen molar-refractivity contribution in [3.8, 4) is 0 Å². The van der Waals surface area contributed by atoms with Crippen molar-refractivity contribution in [2.24, 2.45) is 0 Å². The lowest BCUT2D eigenvalue weighted by Crippen LogP contribution is -2.24. The number of hydrogen-bond acceptors (Lipinski definition) is 3. The summed E-state index contributed by atoms with van der Waals surface area (Å²) in [6, 6.07) is 0. The summed E-state index contributed by atoms with van der Waals surface area (Å²) < 4.78 is 0. The molecule has 1 aromatic rings. The minimum absolute atomic E-state index is 0.0402. The number of aryl methyl sites for hydroxylation is 1. The third kappa shape index (κ3) is 2.06. The van der Waals surface area contributed by atoms with Crippen LogP contribution in [0.3, 0.4) is 0 Å². The van der Waals surface area contributed by atoms with Crippen LogP contribution >= 0.6 is 0 Å². The molecule has 0 unspecified atom stereocenters. The number of aromatic amines is 2. The van der Waals surface area contributed by atoms with Crippen molar-refractivity contribution in [3.05, 3.63) is 32.6 Å². The summed E-state index contributed by atoms with van der Waals surface area (Å²) in [5, 5.41) is 8.49. The smallest absolute Gasteiger partial charge is 0.325 e. The van der Waals surface area contributed by atoms with E-state index in [1.165, 1.54) is 6.20 Å². The molecule has 1 heterocycles. The number of H-pyrrole nitrogens is 2. The molecule has 66 valence electrons. The zero-order valence-corrected chi connectivity index (χ0v) is 6.46. The topological polar surface area (TPSA) is 85.9 Å². The second-order valence-corrected chi connectivity index (χ2v) is 2.42. The molecule has 0 atom stereocenters. The number of aliphatic hydroxyl groups excluding tert-OH is 1. The third-order valence-electron chi connectivity index (χ3n) is 1.50. The first-order valence-electron chi connectivity index (χ1n) is 3.66. The largest absolute Gasteiger partial charge is 0.396 e. The van der Waals surface area contributed by atoms with Gasteiger partial charge in [0.2, 0.25) is 0 Å². The fourth-order valence-corrected chi connectivity index (χ4v) is 0.893. The Hall–Kier alpha value is -1.36. The fourth-order valence-electron chi connectivity index (χ4n) is 0.893. The standard InChI is InChI=1S/C7H10N2O3/c10-3-1-2-5-4-8-7(12)9-6(5)11/h4,10H,1-3H2,(H2,8,9,11,12). The highest BCUT2D eigenvalue weighted by Crippen LogP contribution is 1.90. The minimum Gasteiger partial charge on any atom is -0.396 e. The highest BCUT2D eigenvalue weighted by Gasteiger charge is 1.98. The molecule has 0 aliphatic rings. The van der Waals surface area contributed by atoms with Gasteiger partial charge in [0.1, 0.15) is 0 Å². The van der Waals surface area contributed by atoms with E-state index in [-0.39, 0.29) is 12.2 Å². The van der Waals surface area contributed by atoms with Crippen molar-refractivity contribution >= 4 is 0 Å². The SMILES string of the molecule is O=c1[nH]cc(CCCO)c(=O)[nH]1. The van der Waals surface area contributed by atoms with Crippen LogP contribution in [0, 0.1) is 0 Å². The van der Waals surface area contributed by atoms with Gasteiger partial charge in [-0.1, -0.05) is 0 Å². The Morgan fingerprint density at radius 3 is 2.75 bits per heavy atom. The van der Waals surface area contributed by atoms with Crippen LogP contribution in [-0.2, 0) is 6.42 Å². The van der Waals surface area contributed by atoms with Crippen molar-refractivity contribution in [1.82, 2.24) is 9.97 Å². The van der Waals surface area contributed by atoms with Gasteiger partial charge in [-0.15, -0.1) is 0 Å². The summed E-state index contributed by atoms with van der Waals surface area (Å²) in [4.78, 5) is 26.0. The van der Waals surface area contributed by atoms with Crippen LogP contribution in [0.4, 0.5) is 0 Å². The van der Waals surface area contributed by atoms with Crippen LogP contribution in [0.25, 0.3) is 0 Å². The van der Waals surface area contributed by atoms with Gasteiger partial charge in [-0.05, 0) is 12.8 Å². The Morgan fingerprint density at radius 1 is 1.42 bits per heavy atom. The molecule has 0 bridgehead atoms. The summed E-state index contributed by atoms with van der Waals surface area (Å²) in [5.41, 5.74) is -0.399. The Morgan fingerprint density at radius 2 is 2.17 bits per heavy atom. The molecule has 0 aromatic carbocycles. The van der Waals surface area contributed by atoms with E-state index in [0.29, 0.717) is 18.4 Å². The van der Waals surface area contributed by atoms with Crippen molar-refractivity contribution in [1.29, 1.82) is 0 Å². The monoisotopic (exact) mass is 170 g/mol. The van der Waals surface area contributed by atoms with Crippen LogP contribution in [0.1, 0.15) is 12.0 Å². The lowest BCUT2D eigenvalue weighted by molar-refractivity contribution is 0.288. The first-order valence-corrected chi connectivity index (χ1v) is 3.66. The molecule has 0 saturated heterocycles. The van der Waals surface area contributed by atoms with Crippen LogP contribution in [0.15, 0.2) is 15.8 Å². The predicted molar refractivity (Wildman–Crippen MR) is 43.1 cm³/mol. The van der Waals surface area contributed by atoms with Crippen LogP contribution < -0.4 is 11.2 Å². The average Bonchev–Trinajstić information content (AvgIpc) is 2.03. The van der Waals surface area contributed by atoms with Crippen LogP contribution in [-0.4, -0.2) is 21.7 Å². The first-order chi connectivity index (χ1) is 5.74. The maximum absolute atomic E-state index is 11.0. The summed E-state index contributed by atoms with van der Waals surface area (Å²) >= 11 is 0. The Labute approximate surface area is 68.1 Å². The number of hydrogen-bond donors (Lipinski definition) is 3. The molecule has 1 aromatic heterocycles. The van der Waals surface area contributed by atoms with E-state index in [4.69, 9.17) is 5.11 Å². The van der Waals surface area contributed by atoms with E-state index in [1.54, 1.807) is 0 Å². The van der Waals surface area contributed by atoms with E-state index in [0.717, 1.165) is 0 Å². The summed E-state index contributed by atoms with van der Waals surface area (Å²) in [5.74, 6) is 0. The first kappa shape index (κ1) is 8.73. The predicted octanol–water partition coefficient (Wildman–Crippen LogP) is -1.01. The molecule has 12 heavy (non-hydrogen) atoms. The maximum atomic E-state index is 11.0. The van der Waals surface area contributed by atoms with Gasteiger partial charge in [-0.2, -0.15) is 0 Å². The van der Waals surface area contributed by atoms with Crippen molar-refractivity contribution < 1.29 is 5.11 Å². The molecule has 5 nitrogen and oxygen atoms in total. The molecule has 0 aliphatic heterocycles. The minimum atomic E-state index is -0.507. The molecule has 1 rings (SSSR count). The quantitative estimate of drug-likeness (QED) is 0.543. The fraction of sp³-hybridized carbons (Fsp3) is 0.429. The zero-order chi connectivity index (χ0) is 8.97. The molecular weight excluding hydrogens is 160 g/mol. The Bertz CT molecular complexity index is 352. The highest BCUT2D eigenvalue weighted by atomic mass is 16.3. The van der Waals surface area contributed by atoms with Crippen molar-refractivity contribution in [2.75, 3.05) is 6.61 Å². The van der Waals surface area contributed by atoms with Gasteiger partial charge in [0.05, 0.1) is 0 Å². The number of rotatable bonds is 3. The van der Waals surface area contributed by atoms with Crippen LogP contribution in [0.2, 0.25) is 0 Å². The molecule has 3 N–H and O–H groups in total. The number of nitrogens with one attached hydrogen (secondary N) is 2.